The predicted molar refractivity (Wildman–Crippen MR) is 192 cm³/mol. The molecule has 0 spiro atoms. The molecule has 1 N–H and O–H groups in total. The summed E-state index contributed by atoms with van der Waals surface area (Å²) in [6.45, 7) is 0. The maximum atomic E-state index is 4.72. The van der Waals surface area contributed by atoms with Crippen LogP contribution in [0.15, 0.2) is 146 Å². The third-order valence-corrected chi connectivity index (χ3v) is 10.3. The van der Waals surface area contributed by atoms with Crippen LogP contribution >= 0.6 is 11.3 Å². The van der Waals surface area contributed by atoms with Gasteiger partial charge >= 0.3 is 0 Å². The van der Waals surface area contributed by atoms with Crippen molar-refractivity contribution in [3.63, 3.8) is 0 Å². The van der Waals surface area contributed by atoms with Gasteiger partial charge in [-0.25, -0.2) is 0 Å². The van der Waals surface area contributed by atoms with Crippen molar-refractivity contribution in [2.45, 2.75) is 0 Å². The maximum absolute atomic E-state index is 4.72. The van der Waals surface area contributed by atoms with Crippen LogP contribution in [0.5, 0.6) is 0 Å². The van der Waals surface area contributed by atoms with Gasteiger partial charge in [0, 0.05) is 54.5 Å². The molecule has 0 radical (unpaired) electrons. The Bertz CT molecular complexity index is 2780. The van der Waals surface area contributed by atoms with Gasteiger partial charge in [0.25, 0.3) is 0 Å². The Kier molecular flexibility index (Phi) is 5.16. The van der Waals surface area contributed by atoms with E-state index < -0.39 is 0 Å². The van der Waals surface area contributed by atoms with Gasteiger partial charge in [0.05, 0.1) is 21.3 Å². The first-order chi connectivity index (χ1) is 22.3. The van der Waals surface area contributed by atoms with Gasteiger partial charge < -0.3 is 9.55 Å². The monoisotopic (exact) mass is 591 g/mol. The number of H-pyrrole nitrogens is 1. The van der Waals surface area contributed by atoms with Gasteiger partial charge in [-0.3, -0.25) is 4.98 Å². The fourth-order valence-electron chi connectivity index (χ4n) is 7.06. The summed E-state index contributed by atoms with van der Waals surface area (Å²) < 4.78 is 4.88. The topological polar surface area (TPSA) is 33.6 Å². The van der Waals surface area contributed by atoms with E-state index in [2.05, 4.69) is 143 Å². The first-order valence-corrected chi connectivity index (χ1v) is 16.0. The highest BCUT2D eigenvalue weighted by Crippen LogP contribution is 2.39. The normalized spacial score (nSPS) is 12.0. The van der Waals surface area contributed by atoms with E-state index in [0.717, 1.165) is 11.2 Å². The molecule has 3 nitrogen and oxygen atoms in total. The van der Waals surface area contributed by atoms with E-state index in [1.165, 1.54) is 80.7 Å². The van der Waals surface area contributed by atoms with Crippen LogP contribution in [0, 0.1) is 0 Å². The summed E-state index contributed by atoms with van der Waals surface area (Å²) in [4.78, 5) is 8.27. The van der Waals surface area contributed by atoms with Crippen molar-refractivity contribution in [1.82, 2.24) is 14.5 Å². The Morgan fingerprint density at radius 2 is 1.20 bits per heavy atom. The van der Waals surface area contributed by atoms with Crippen molar-refractivity contribution in [2.75, 3.05) is 0 Å². The Balaban J connectivity index is 1.12. The average molecular weight is 592 g/mol. The quantitative estimate of drug-likeness (QED) is 0.218. The number of benzene rings is 6. The Morgan fingerprint density at radius 3 is 2.11 bits per heavy atom. The van der Waals surface area contributed by atoms with Crippen molar-refractivity contribution >= 4 is 75.3 Å². The van der Waals surface area contributed by atoms with Crippen LogP contribution in [-0.2, 0) is 0 Å². The van der Waals surface area contributed by atoms with E-state index in [9.17, 15) is 0 Å². The van der Waals surface area contributed by atoms with Gasteiger partial charge in [0.2, 0.25) is 0 Å². The number of pyridine rings is 1. The van der Waals surface area contributed by atoms with E-state index in [4.69, 9.17) is 4.98 Å². The molecule has 0 saturated carbocycles. The van der Waals surface area contributed by atoms with Crippen LogP contribution < -0.4 is 0 Å². The number of aromatic nitrogens is 3. The lowest BCUT2D eigenvalue weighted by Crippen LogP contribution is -1.93. The fraction of sp³-hybridized carbons (Fsp3) is 0. The first kappa shape index (κ1) is 24.7. The second kappa shape index (κ2) is 9.39. The number of nitrogens with zero attached hydrogens (tertiary/aromatic N) is 2. The van der Waals surface area contributed by atoms with Crippen molar-refractivity contribution in [1.29, 1.82) is 0 Å². The maximum Gasteiger partial charge on any atom is 0.0889 e. The summed E-state index contributed by atoms with van der Waals surface area (Å²) in [5.41, 5.74) is 11.8. The molecule has 0 unspecified atom stereocenters. The van der Waals surface area contributed by atoms with Gasteiger partial charge in [-0.05, 0) is 95.1 Å². The molecule has 45 heavy (non-hydrogen) atoms. The zero-order valence-electron chi connectivity index (χ0n) is 24.2. The van der Waals surface area contributed by atoms with Gasteiger partial charge in [-0.2, -0.15) is 0 Å². The van der Waals surface area contributed by atoms with Gasteiger partial charge in [-0.15, -0.1) is 11.3 Å². The summed E-state index contributed by atoms with van der Waals surface area (Å²) in [5, 5.41) is 6.23. The van der Waals surface area contributed by atoms with E-state index in [-0.39, 0.29) is 0 Å². The largest absolute Gasteiger partial charge is 0.355 e. The molecule has 4 aromatic heterocycles. The second-order valence-electron chi connectivity index (χ2n) is 11.7. The predicted octanol–water partition coefficient (Wildman–Crippen LogP) is 11.5. The Hall–Kier alpha value is -5.71. The summed E-state index contributed by atoms with van der Waals surface area (Å²) in [5.74, 6) is 0. The first-order valence-electron chi connectivity index (χ1n) is 15.2. The molecule has 210 valence electrons. The Labute approximate surface area is 262 Å². The van der Waals surface area contributed by atoms with Gasteiger partial charge in [0.1, 0.15) is 0 Å². The zero-order chi connectivity index (χ0) is 29.5. The number of fused-ring (bicyclic) bond motifs is 9. The lowest BCUT2D eigenvalue weighted by Gasteiger charge is -2.10. The van der Waals surface area contributed by atoms with Crippen LogP contribution in [0.1, 0.15) is 0 Å². The fourth-order valence-corrected chi connectivity index (χ4v) is 8.11. The molecular weight excluding hydrogens is 567 g/mol. The van der Waals surface area contributed by atoms with Gasteiger partial charge in [0.15, 0.2) is 0 Å². The molecule has 0 saturated heterocycles. The number of rotatable bonds is 3. The van der Waals surface area contributed by atoms with E-state index >= 15 is 0 Å². The number of nitrogens with one attached hydrogen (secondary N) is 1. The molecule has 0 atom stereocenters. The van der Waals surface area contributed by atoms with E-state index in [1.807, 2.05) is 12.3 Å². The highest BCUT2D eigenvalue weighted by atomic mass is 32.1. The van der Waals surface area contributed by atoms with Crippen LogP contribution in [0.4, 0.5) is 0 Å². The summed E-state index contributed by atoms with van der Waals surface area (Å²) in [6.07, 6.45) is 1.89. The number of hydrogen-bond acceptors (Lipinski definition) is 2. The van der Waals surface area contributed by atoms with Crippen molar-refractivity contribution < 1.29 is 0 Å². The molecule has 4 heteroatoms. The van der Waals surface area contributed by atoms with E-state index in [0.29, 0.717) is 0 Å². The molecule has 0 bridgehead atoms. The lowest BCUT2D eigenvalue weighted by molar-refractivity contribution is 1.19. The SMILES string of the molecule is c1cc(-c2ccc3[nH]c4ccccc4c3c2)cc(-c2ccc3c(c2)c2ccccc2n3-c2ccc3sc4cccnc4c3c2)c1. The minimum absolute atomic E-state index is 1.08. The second-order valence-corrected chi connectivity index (χ2v) is 12.8. The molecule has 0 aliphatic carbocycles. The molecule has 10 aromatic rings. The van der Waals surface area contributed by atoms with Crippen LogP contribution in [-0.4, -0.2) is 14.5 Å². The molecule has 0 aliphatic heterocycles. The summed E-state index contributed by atoms with van der Waals surface area (Å²) >= 11 is 1.80. The van der Waals surface area contributed by atoms with Crippen molar-refractivity contribution in [3.8, 4) is 27.9 Å². The summed E-state index contributed by atoms with van der Waals surface area (Å²) in [6, 6.07) is 50.8. The molecule has 4 heterocycles. The lowest BCUT2D eigenvalue weighted by atomic mass is 9.97. The smallest absolute Gasteiger partial charge is 0.0889 e. The minimum atomic E-state index is 1.08. The third-order valence-electron chi connectivity index (χ3n) is 9.18. The number of aromatic amines is 1. The molecule has 0 aliphatic rings. The molecule has 0 amide bonds. The number of para-hydroxylation sites is 2. The summed E-state index contributed by atoms with van der Waals surface area (Å²) in [7, 11) is 0. The molecule has 10 rings (SSSR count). The zero-order valence-corrected chi connectivity index (χ0v) is 25.0. The van der Waals surface area contributed by atoms with E-state index in [1.54, 1.807) is 11.3 Å². The molecule has 6 aromatic carbocycles. The minimum Gasteiger partial charge on any atom is -0.355 e. The standard InChI is InChI=1S/C41H25N3S/c1-3-11-35-30(9-1)32-22-27(14-17-36(32)43-35)25-7-5-8-26(21-25)28-15-18-38-33(23-28)31-10-2-4-12-37(31)44(38)29-16-19-39-34(24-29)41-40(45-39)13-6-20-42-41/h1-24,43H. The van der Waals surface area contributed by atoms with Crippen molar-refractivity contribution in [3.05, 3.63) is 146 Å². The number of hydrogen-bond donors (Lipinski definition) is 1. The highest BCUT2D eigenvalue weighted by molar-refractivity contribution is 7.25. The van der Waals surface area contributed by atoms with Crippen LogP contribution in [0.25, 0.3) is 91.9 Å². The van der Waals surface area contributed by atoms with Crippen molar-refractivity contribution in [2.24, 2.45) is 0 Å². The van der Waals surface area contributed by atoms with Gasteiger partial charge in [-0.1, -0.05) is 66.7 Å². The average Bonchev–Trinajstić information content (AvgIpc) is 3.77. The van der Waals surface area contributed by atoms with Crippen LogP contribution in [0.3, 0.4) is 0 Å². The molecular formula is C41H25N3S. The number of thiophene rings is 1. The highest BCUT2D eigenvalue weighted by Gasteiger charge is 2.15. The Morgan fingerprint density at radius 1 is 0.467 bits per heavy atom. The molecule has 0 fully saturated rings. The van der Waals surface area contributed by atoms with Crippen LogP contribution in [0.2, 0.25) is 0 Å². The third kappa shape index (κ3) is 3.73.